The van der Waals surface area contributed by atoms with Gasteiger partial charge in [0.1, 0.15) is 24.4 Å². The van der Waals surface area contributed by atoms with Crippen LogP contribution in [0.1, 0.15) is 62.3 Å². The molecule has 1 heterocycles. The molecule has 1 aliphatic rings. The molecule has 0 aromatic rings. The molecular formula is C25H56O6Si3. The summed E-state index contributed by atoms with van der Waals surface area (Å²) in [5, 5.41) is 10.4. The molecule has 6 nitrogen and oxygen atoms in total. The van der Waals surface area contributed by atoms with E-state index in [0.29, 0.717) is 0 Å². The standard InChI is InChI=1S/C25H56O6Si3/c1-23(2,3)32(11,12)29-19-18(17-26)28-22(27-10)21(31-34(15,16)25(7,8)9)20(19)30-33(13,14)24(4,5)6/h18-22,26H,17H2,1-16H3/t18-,19+,20+,21-,22+/m1/s1. The average Bonchev–Trinajstić information content (AvgIpc) is 2.61. The maximum Gasteiger partial charge on any atom is 0.192 e. The van der Waals surface area contributed by atoms with Gasteiger partial charge in [-0.3, -0.25) is 0 Å². The summed E-state index contributed by atoms with van der Waals surface area (Å²) in [7, 11) is -5.00. The van der Waals surface area contributed by atoms with Gasteiger partial charge in [0.05, 0.1) is 6.61 Å². The molecule has 0 saturated carbocycles. The molecule has 34 heavy (non-hydrogen) atoms. The van der Waals surface area contributed by atoms with Crippen LogP contribution in [0.2, 0.25) is 54.4 Å². The van der Waals surface area contributed by atoms with E-state index in [1.54, 1.807) is 7.11 Å². The van der Waals surface area contributed by atoms with Crippen molar-refractivity contribution in [3.8, 4) is 0 Å². The molecule has 1 saturated heterocycles. The minimum Gasteiger partial charge on any atom is -0.408 e. The van der Waals surface area contributed by atoms with Gasteiger partial charge in [-0.1, -0.05) is 62.3 Å². The summed E-state index contributed by atoms with van der Waals surface area (Å²) in [5.41, 5.74) is 0. The fourth-order valence-electron chi connectivity index (χ4n) is 3.17. The van der Waals surface area contributed by atoms with Gasteiger partial charge in [0.15, 0.2) is 31.2 Å². The maximum absolute atomic E-state index is 10.4. The van der Waals surface area contributed by atoms with Gasteiger partial charge in [-0.15, -0.1) is 0 Å². The molecule has 0 spiro atoms. The second-order valence-corrected chi connectivity index (χ2v) is 28.8. The van der Waals surface area contributed by atoms with Crippen LogP contribution in [-0.2, 0) is 22.8 Å². The van der Waals surface area contributed by atoms with E-state index in [-0.39, 0.29) is 21.7 Å². The first-order chi connectivity index (χ1) is 14.9. The summed E-state index contributed by atoms with van der Waals surface area (Å²) in [6.45, 7) is 33.4. The second kappa shape index (κ2) is 10.6. The fraction of sp³-hybridized carbons (Fsp3) is 1.00. The Kier molecular flexibility index (Phi) is 10.2. The Balaban J connectivity index is 3.66. The molecule has 0 bridgehead atoms. The highest BCUT2D eigenvalue weighted by Crippen LogP contribution is 2.45. The van der Waals surface area contributed by atoms with Gasteiger partial charge in [-0.25, -0.2) is 0 Å². The molecule has 0 aromatic heterocycles. The first-order valence-corrected chi connectivity index (χ1v) is 21.5. The highest BCUT2D eigenvalue weighted by atomic mass is 28.4. The Hall–Kier alpha value is 0.411. The fourth-order valence-corrected chi connectivity index (χ4v) is 7.07. The van der Waals surface area contributed by atoms with Gasteiger partial charge in [-0.05, 0) is 54.4 Å². The van der Waals surface area contributed by atoms with Crippen molar-refractivity contribution in [3.05, 3.63) is 0 Å². The van der Waals surface area contributed by atoms with E-state index in [1.807, 2.05) is 0 Å². The third-order valence-corrected chi connectivity index (χ3v) is 22.1. The van der Waals surface area contributed by atoms with Crippen molar-refractivity contribution in [3.63, 3.8) is 0 Å². The number of hydrogen-bond acceptors (Lipinski definition) is 6. The van der Waals surface area contributed by atoms with Crippen LogP contribution in [0.3, 0.4) is 0 Å². The number of aliphatic hydroxyl groups is 1. The molecule has 0 radical (unpaired) electrons. The summed E-state index contributed by atoms with van der Waals surface area (Å²) in [6, 6.07) is 0. The van der Waals surface area contributed by atoms with Gasteiger partial charge >= 0.3 is 0 Å². The Bertz CT molecular complexity index is 619. The van der Waals surface area contributed by atoms with Crippen LogP contribution in [0.4, 0.5) is 0 Å². The SMILES string of the molecule is CO[C@H]1O[C@H](CO)[C@H](O[Si](C)(C)C(C)(C)C)[C@H](O[Si](C)(C)C(C)(C)C)[C@H]1O[Si](C)(C)C(C)(C)C. The van der Waals surface area contributed by atoms with E-state index in [2.05, 4.69) is 102 Å². The molecule has 1 aliphatic heterocycles. The molecule has 0 aromatic carbocycles. The summed E-state index contributed by atoms with van der Waals surface area (Å²) in [6.07, 6.45) is -2.48. The Labute approximate surface area is 213 Å². The molecule has 1 rings (SSSR count). The highest BCUT2D eigenvalue weighted by Gasteiger charge is 2.56. The lowest BCUT2D eigenvalue weighted by Crippen LogP contribution is -2.68. The minimum absolute atomic E-state index is 0.00240. The van der Waals surface area contributed by atoms with E-state index < -0.39 is 55.7 Å². The highest BCUT2D eigenvalue weighted by molar-refractivity contribution is 6.75. The van der Waals surface area contributed by atoms with Crippen LogP contribution in [0.5, 0.6) is 0 Å². The minimum atomic E-state index is -2.23. The second-order valence-electron chi connectivity index (χ2n) is 14.5. The summed E-state index contributed by atoms with van der Waals surface area (Å²) in [5.74, 6) is 0. The molecule has 9 heteroatoms. The predicted octanol–water partition coefficient (Wildman–Crippen LogP) is 6.52. The van der Waals surface area contributed by atoms with Crippen LogP contribution in [0.25, 0.3) is 0 Å². The van der Waals surface area contributed by atoms with Crippen molar-refractivity contribution in [2.24, 2.45) is 0 Å². The number of hydrogen-bond donors (Lipinski definition) is 1. The Morgan fingerprint density at radius 3 is 1.24 bits per heavy atom. The molecular weight excluding hydrogens is 481 g/mol. The van der Waals surface area contributed by atoms with E-state index in [9.17, 15) is 5.11 Å². The van der Waals surface area contributed by atoms with E-state index in [1.165, 1.54) is 0 Å². The van der Waals surface area contributed by atoms with Gasteiger partial charge in [0.2, 0.25) is 0 Å². The zero-order valence-corrected chi connectivity index (χ0v) is 28.1. The smallest absolute Gasteiger partial charge is 0.192 e. The van der Waals surface area contributed by atoms with E-state index >= 15 is 0 Å². The molecule has 0 aliphatic carbocycles. The number of aliphatic hydroxyl groups excluding tert-OH is 1. The van der Waals surface area contributed by atoms with Gasteiger partial charge in [-0.2, -0.15) is 0 Å². The van der Waals surface area contributed by atoms with Crippen LogP contribution in [-0.4, -0.2) is 74.5 Å². The largest absolute Gasteiger partial charge is 0.408 e. The normalized spacial score (nSPS) is 28.3. The summed E-state index contributed by atoms with van der Waals surface area (Å²) < 4.78 is 33.2. The topological polar surface area (TPSA) is 66.4 Å². The van der Waals surface area contributed by atoms with Crippen LogP contribution in [0, 0.1) is 0 Å². The monoisotopic (exact) mass is 536 g/mol. The average molecular weight is 537 g/mol. The molecule has 204 valence electrons. The lowest BCUT2D eigenvalue weighted by atomic mass is 9.99. The number of rotatable bonds is 8. The zero-order chi connectivity index (χ0) is 27.1. The number of methoxy groups -OCH3 is 1. The van der Waals surface area contributed by atoms with Crippen molar-refractivity contribution in [2.75, 3.05) is 13.7 Å². The molecule has 5 atom stereocenters. The van der Waals surface area contributed by atoms with Crippen molar-refractivity contribution >= 4 is 25.0 Å². The molecule has 1 fully saturated rings. The molecule has 0 unspecified atom stereocenters. The first kappa shape index (κ1) is 32.4. The first-order valence-electron chi connectivity index (χ1n) is 12.7. The van der Waals surface area contributed by atoms with Crippen LogP contribution in [0.15, 0.2) is 0 Å². The van der Waals surface area contributed by atoms with E-state index in [0.717, 1.165) is 0 Å². The van der Waals surface area contributed by atoms with Crippen molar-refractivity contribution in [1.29, 1.82) is 0 Å². The zero-order valence-electron chi connectivity index (χ0n) is 25.1. The van der Waals surface area contributed by atoms with Crippen molar-refractivity contribution in [1.82, 2.24) is 0 Å². The van der Waals surface area contributed by atoms with Crippen molar-refractivity contribution in [2.45, 2.75) is 147 Å². The summed E-state index contributed by atoms with van der Waals surface area (Å²) >= 11 is 0. The Morgan fingerprint density at radius 2 is 0.941 bits per heavy atom. The third kappa shape index (κ3) is 7.25. The quantitative estimate of drug-likeness (QED) is 0.356. The maximum atomic E-state index is 10.4. The Morgan fingerprint density at radius 1 is 0.618 bits per heavy atom. The van der Waals surface area contributed by atoms with Gasteiger partial charge < -0.3 is 27.9 Å². The number of ether oxygens (including phenoxy) is 2. The van der Waals surface area contributed by atoms with Crippen LogP contribution >= 0.6 is 0 Å². The van der Waals surface area contributed by atoms with Crippen molar-refractivity contribution < 1.29 is 27.9 Å². The predicted molar refractivity (Wildman–Crippen MR) is 149 cm³/mol. The molecule has 0 amide bonds. The van der Waals surface area contributed by atoms with E-state index in [4.69, 9.17) is 22.8 Å². The van der Waals surface area contributed by atoms with Gasteiger partial charge in [0, 0.05) is 7.11 Å². The lowest BCUT2D eigenvalue weighted by molar-refractivity contribution is -0.285. The molecule has 1 N–H and O–H groups in total. The lowest BCUT2D eigenvalue weighted by Gasteiger charge is -2.54. The summed E-state index contributed by atoms with van der Waals surface area (Å²) in [4.78, 5) is 0. The van der Waals surface area contributed by atoms with Gasteiger partial charge in [0.25, 0.3) is 0 Å². The third-order valence-electron chi connectivity index (χ3n) is 8.71. The van der Waals surface area contributed by atoms with Crippen LogP contribution < -0.4 is 0 Å².